The van der Waals surface area contributed by atoms with Gasteiger partial charge in [0.25, 0.3) is 0 Å². The SMILES string of the molecule is c1cnn(C2CN(c3nc(NC4CC4)nc4c3CCNCC4)C2)c1. The molecule has 0 spiro atoms. The molecule has 1 saturated heterocycles. The molecular formula is C17H23N7. The van der Waals surface area contributed by atoms with Crippen LogP contribution in [-0.2, 0) is 12.8 Å². The molecule has 4 heterocycles. The fourth-order valence-electron chi connectivity index (χ4n) is 3.55. The Labute approximate surface area is 141 Å². The third-order valence-electron chi connectivity index (χ3n) is 5.13. The number of hydrogen-bond donors (Lipinski definition) is 2. The van der Waals surface area contributed by atoms with Crippen LogP contribution in [0.15, 0.2) is 18.5 Å². The first-order valence-corrected chi connectivity index (χ1v) is 8.98. The molecule has 5 rings (SSSR count). The molecular weight excluding hydrogens is 302 g/mol. The summed E-state index contributed by atoms with van der Waals surface area (Å²) in [5.74, 6) is 1.95. The van der Waals surface area contributed by atoms with Crippen molar-refractivity contribution in [3.8, 4) is 0 Å². The molecule has 1 aliphatic carbocycles. The van der Waals surface area contributed by atoms with Gasteiger partial charge in [-0.3, -0.25) is 4.68 Å². The highest BCUT2D eigenvalue weighted by Gasteiger charge is 2.33. The largest absolute Gasteiger partial charge is 0.352 e. The summed E-state index contributed by atoms with van der Waals surface area (Å²) in [6.07, 6.45) is 8.37. The van der Waals surface area contributed by atoms with Crippen LogP contribution < -0.4 is 15.5 Å². The molecule has 0 unspecified atom stereocenters. The van der Waals surface area contributed by atoms with Gasteiger partial charge in [0.15, 0.2) is 0 Å². The van der Waals surface area contributed by atoms with Gasteiger partial charge in [-0.15, -0.1) is 0 Å². The fraction of sp³-hybridized carbons (Fsp3) is 0.588. The van der Waals surface area contributed by atoms with E-state index in [1.807, 2.05) is 18.5 Å². The standard InChI is InChI=1S/C17H23N7/c1-6-19-24(9-1)13-10-23(11-13)16-14-4-7-18-8-5-15(14)21-17(22-16)20-12-2-3-12/h1,6,9,12-13,18H,2-5,7-8,10-11H2,(H,20,21,22). The predicted molar refractivity (Wildman–Crippen MR) is 92.4 cm³/mol. The van der Waals surface area contributed by atoms with Gasteiger partial charge in [0.2, 0.25) is 5.95 Å². The van der Waals surface area contributed by atoms with E-state index in [2.05, 4.69) is 25.3 Å². The van der Waals surface area contributed by atoms with Gasteiger partial charge in [-0.25, -0.2) is 4.98 Å². The van der Waals surface area contributed by atoms with Gasteiger partial charge in [0.05, 0.1) is 11.7 Å². The van der Waals surface area contributed by atoms with Crippen molar-refractivity contribution in [3.05, 3.63) is 29.7 Å². The lowest BCUT2D eigenvalue weighted by Gasteiger charge is -2.41. The zero-order chi connectivity index (χ0) is 15.9. The molecule has 0 bridgehead atoms. The highest BCUT2D eigenvalue weighted by Crippen LogP contribution is 2.33. The van der Waals surface area contributed by atoms with E-state index in [1.165, 1.54) is 24.1 Å². The number of nitrogens with zero attached hydrogens (tertiary/aromatic N) is 5. The maximum Gasteiger partial charge on any atom is 0.225 e. The molecule has 2 aliphatic heterocycles. The Hall–Kier alpha value is -2.15. The van der Waals surface area contributed by atoms with Crippen LogP contribution in [0.4, 0.5) is 11.8 Å². The summed E-state index contributed by atoms with van der Waals surface area (Å²) in [6, 6.07) is 3.02. The van der Waals surface area contributed by atoms with Gasteiger partial charge in [0, 0.05) is 50.1 Å². The predicted octanol–water partition coefficient (Wildman–Crippen LogP) is 0.997. The summed E-state index contributed by atoms with van der Waals surface area (Å²) in [4.78, 5) is 12.1. The maximum absolute atomic E-state index is 4.89. The zero-order valence-corrected chi connectivity index (χ0v) is 13.8. The summed E-state index contributed by atoms with van der Waals surface area (Å²) in [6.45, 7) is 3.96. The lowest BCUT2D eigenvalue weighted by Crippen LogP contribution is -2.49. The van der Waals surface area contributed by atoms with Crippen molar-refractivity contribution in [2.75, 3.05) is 36.4 Å². The second kappa shape index (κ2) is 5.73. The summed E-state index contributed by atoms with van der Waals surface area (Å²) < 4.78 is 2.06. The first-order valence-electron chi connectivity index (χ1n) is 8.98. The third kappa shape index (κ3) is 2.62. The Balaban J connectivity index is 1.43. The quantitative estimate of drug-likeness (QED) is 0.874. The number of hydrogen-bond acceptors (Lipinski definition) is 6. The second-order valence-electron chi connectivity index (χ2n) is 7.01. The van der Waals surface area contributed by atoms with Crippen molar-refractivity contribution in [2.24, 2.45) is 0 Å². The van der Waals surface area contributed by atoms with E-state index in [4.69, 9.17) is 9.97 Å². The van der Waals surface area contributed by atoms with E-state index < -0.39 is 0 Å². The Kier molecular flexibility index (Phi) is 3.40. The molecule has 0 aromatic carbocycles. The van der Waals surface area contributed by atoms with Gasteiger partial charge >= 0.3 is 0 Å². The average molecular weight is 325 g/mol. The highest BCUT2D eigenvalue weighted by atomic mass is 15.4. The Morgan fingerprint density at radius 3 is 2.79 bits per heavy atom. The molecule has 7 heteroatoms. The van der Waals surface area contributed by atoms with Crippen LogP contribution >= 0.6 is 0 Å². The molecule has 0 atom stereocenters. The minimum Gasteiger partial charge on any atom is -0.352 e. The van der Waals surface area contributed by atoms with Crippen molar-refractivity contribution < 1.29 is 0 Å². The van der Waals surface area contributed by atoms with Crippen molar-refractivity contribution in [2.45, 2.75) is 37.8 Å². The lowest BCUT2D eigenvalue weighted by atomic mass is 10.0. The smallest absolute Gasteiger partial charge is 0.225 e. The average Bonchev–Trinajstić information content (AvgIpc) is 3.25. The van der Waals surface area contributed by atoms with Gasteiger partial charge < -0.3 is 15.5 Å². The summed E-state index contributed by atoms with van der Waals surface area (Å²) in [7, 11) is 0. The van der Waals surface area contributed by atoms with Crippen LogP contribution in [0.1, 0.15) is 30.1 Å². The van der Waals surface area contributed by atoms with Crippen LogP contribution in [0.2, 0.25) is 0 Å². The molecule has 0 radical (unpaired) electrons. The van der Waals surface area contributed by atoms with Gasteiger partial charge in [0.1, 0.15) is 5.82 Å². The number of aromatic nitrogens is 4. The van der Waals surface area contributed by atoms with Crippen molar-refractivity contribution in [3.63, 3.8) is 0 Å². The Morgan fingerprint density at radius 2 is 2.00 bits per heavy atom. The molecule has 24 heavy (non-hydrogen) atoms. The van der Waals surface area contributed by atoms with Crippen LogP contribution in [0.3, 0.4) is 0 Å². The van der Waals surface area contributed by atoms with Gasteiger partial charge in [-0.05, 0) is 31.9 Å². The van der Waals surface area contributed by atoms with E-state index in [0.29, 0.717) is 12.1 Å². The topological polar surface area (TPSA) is 70.9 Å². The Bertz CT molecular complexity index is 717. The van der Waals surface area contributed by atoms with Crippen LogP contribution in [0, 0.1) is 0 Å². The van der Waals surface area contributed by atoms with E-state index in [1.54, 1.807) is 0 Å². The van der Waals surface area contributed by atoms with Gasteiger partial charge in [-0.2, -0.15) is 10.1 Å². The molecule has 1 saturated carbocycles. The summed E-state index contributed by atoms with van der Waals surface area (Å²) >= 11 is 0. The van der Waals surface area contributed by atoms with Crippen molar-refractivity contribution in [1.29, 1.82) is 0 Å². The number of nitrogens with one attached hydrogen (secondary N) is 2. The highest BCUT2D eigenvalue weighted by molar-refractivity contribution is 5.55. The normalized spacial score (nSPS) is 21.1. The van der Waals surface area contributed by atoms with Crippen LogP contribution in [0.5, 0.6) is 0 Å². The first kappa shape index (κ1) is 14.2. The summed E-state index contributed by atoms with van der Waals surface area (Å²) in [5.41, 5.74) is 2.55. The van der Waals surface area contributed by atoms with Crippen molar-refractivity contribution in [1.82, 2.24) is 25.1 Å². The van der Waals surface area contributed by atoms with Gasteiger partial charge in [-0.1, -0.05) is 0 Å². The molecule has 2 fully saturated rings. The molecule has 2 aromatic rings. The summed E-state index contributed by atoms with van der Waals surface area (Å²) in [5, 5.41) is 11.3. The van der Waals surface area contributed by atoms with Crippen LogP contribution in [0.25, 0.3) is 0 Å². The number of fused-ring (bicyclic) bond motifs is 1. The lowest BCUT2D eigenvalue weighted by molar-refractivity contribution is 0.365. The van der Waals surface area contributed by atoms with Crippen molar-refractivity contribution >= 4 is 11.8 Å². The monoisotopic (exact) mass is 325 g/mol. The molecule has 2 aromatic heterocycles. The molecule has 126 valence electrons. The second-order valence-corrected chi connectivity index (χ2v) is 7.01. The first-order chi connectivity index (χ1) is 11.9. The van der Waals surface area contributed by atoms with E-state index in [-0.39, 0.29) is 0 Å². The van der Waals surface area contributed by atoms with E-state index >= 15 is 0 Å². The number of rotatable bonds is 4. The molecule has 3 aliphatic rings. The fourth-order valence-corrected chi connectivity index (χ4v) is 3.55. The molecule has 2 N–H and O–H groups in total. The Morgan fingerprint density at radius 1 is 1.12 bits per heavy atom. The minimum atomic E-state index is 0.453. The maximum atomic E-state index is 4.89. The van der Waals surface area contributed by atoms with E-state index in [9.17, 15) is 0 Å². The minimum absolute atomic E-state index is 0.453. The molecule has 7 nitrogen and oxygen atoms in total. The molecule has 0 amide bonds. The zero-order valence-electron chi connectivity index (χ0n) is 13.8. The van der Waals surface area contributed by atoms with Crippen LogP contribution in [-0.4, -0.2) is 52.0 Å². The van der Waals surface area contributed by atoms with E-state index in [0.717, 1.165) is 50.8 Å². The third-order valence-corrected chi connectivity index (χ3v) is 5.13. The number of anilines is 2.